The molecule has 0 aliphatic rings. The molecule has 0 unspecified atom stereocenters. The van der Waals surface area contributed by atoms with Crippen molar-refractivity contribution in [3.63, 3.8) is 0 Å². The highest BCUT2D eigenvalue weighted by atomic mass is 32.2. The first-order valence-electron chi connectivity index (χ1n) is 7.28. The third-order valence-corrected chi connectivity index (χ3v) is 5.22. The van der Waals surface area contributed by atoms with Gasteiger partial charge in [-0.15, -0.1) is 0 Å². The second kappa shape index (κ2) is 7.90. The van der Waals surface area contributed by atoms with Crippen LogP contribution in [0.5, 0.6) is 5.75 Å². The molecule has 0 atom stereocenters. The molecule has 5 nitrogen and oxygen atoms in total. The van der Waals surface area contributed by atoms with E-state index < -0.39 is 10.0 Å². The SMILES string of the molecule is CN(CCCOc1ccc(F)cc1)S(=O)(=O)c1cccc(C#N)c1. The number of rotatable bonds is 7. The molecule has 2 aromatic rings. The lowest BCUT2D eigenvalue weighted by molar-refractivity contribution is 0.296. The molecule has 0 saturated carbocycles. The summed E-state index contributed by atoms with van der Waals surface area (Å²) in [6.07, 6.45) is 0.477. The van der Waals surface area contributed by atoms with E-state index in [1.54, 1.807) is 6.07 Å². The molecule has 0 aromatic heterocycles. The van der Waals surface area contributed by atoms with Crippen LogP contribution in [0.3, 0.4) is 0 Å². The van der Waals surface area contributed by atoms with Crippen LogP contribution in [0.4, 0.5) is 4.39 Å². The molecular formula is C17H17FN2O3S. The van der Waals surface area contributed by atoms with Gasteiger partial charge >= 0.3 is 0 Å². The Morgan fingerprint density at radius 3 is 2.58 bits per heavy atom. The second-order valence-corrected chi connectivity index (χ2v) is 7.17. The van der Waals surface area contributed by atoms with E-state index in [2.05, 4.69) is 0 Å². The van der Waals surface area contributed by atoms with Gasteiger partial charge in [-0.3, -0.25) is 0 Å². The highest BCUT2D eigenvalue weighted by molar-refractivity contribution is 7.89. The van der Waals surface area contributed by atoms with Gasteiger partial charge in [-0.1, -0.05) is 6.07 Å². The first-order valence-corrected chi connectivity index (χ1v) is 8.72. The van der Waals surface area contributed by atoms with Crippen LogP contribution in [0.1, 0.15) is 12.0 Å². The summed E-state index contributed by atoms with van der Waals surface area (Å²) in [6.45, 7) is 0.573. The molecule has 0 bridgehead atoms. The molecule has 24 heavy (non-hydrogen) atoms. The van der Waals surface area contributed by atoms with Gasteiger partial charge in [-0.2, -0.15) is 5.26 Å². The van der Waals surface area contributed by atoms with E-state index in [9.17, 15) is 12.8 Å². The fourth-order valence-electron chi connectivity index (χ4n) is 2.03. The van der Waals surface area contributed by atoms with Gasteiger partial charge < -0.3 is 4.74 Å². The average molecular weight is 348 g/mol. The van der Waals surface area contributed by atoms with E-state index in [4.69, 9.17) is 10.00 Å². The molecule has 2 aromatic carbocycles. The van der Waals surface area contributed by atoms with E-state index >= 15 is 0 Å². The molecule has 0 aliphatic carbocycles. The first kappa shape index (κ1) is 17.9. The number of halogens is 1. The van der Waals surface area contributed by atoms with Crippen molar-refractivity contribution in [1.82, 2.24) is 4.31 Å². The van der Waals surface area contributed by atoms with E-state index in [0.717, 1.165) is 0 Å². The average Bonchev–Trinajstić information content (AvgIpc) is 2.60. The molecule has 2 rings (SSSR count). The maximum Gasteiger partial charge on any atom is 0.242 e. The molecule has 0 amide bonds. The number of benzene rings is 2. The van der Waals surface area contributed by atoms with Gasteiger partial charge in [0.2, 0.25) is 10.0 Å². The Morgan fingerprint density at radius 2 is 1.92 bits per heavy atom. The topological polar surface area (TPSA) is 70.4 Å². The molecule has 0 N–H and O–H groups in total. The molecular weight excluding hydrogens is 331 g/mol. The van der Waals surface area contributed by atoms with Gasteiger partial charge in [-0.25, -0.2) is 17.1 Å². The minimum Gasteiger partial charge on any atom is -0.494 e. The summed E-state index contributed by atoms with van der Waals surface area (Å²) in [5.74, 6) is 0.191. The molecule has 0 spiro atoms. The fraction of sp³-hybridized carbons (Fsp3) is 0.235. The van der Waals surface area contributed by atoms with Crippen LogP contribution in [0.15, 0.2) is 53.4 Å². The Hall–Kier alpha value is -2.43. The van der Waals surface area contributed by atoms with E-state index in [1.165, 1.54) is 53.8 Å². The molecule has 0 saturated heterocycles. The Kier molecular flexibility index (Phi) is 5.90. The summed E-state index contributed by atoms with van der Waals surface area (Å²) in [7, 11) is -2.17. The standard InChI is InChI=1S/C17H17FN2O3S/c1-20(10-3-11-23-16-8-6-15(18)7-9-16)24(21,22)17-5-2-4-14(12-17)13-19/h2,4-9,12H,3,10-11H2,1H3. The van der Waals surface area contributed by atoms with Crippen molar-refractivity contribution in [2.45, 2.75) is 11.3 Å². The van der Waals surface area contributed by atoms with Crippen molar-refractivity contribution in [2.75, 3.05) is 20.2 Å². The molecule has 0 fully saturated rings. The van der Waals surface area contributed by atoms with Gasteiger partial charge in [0.15, 0.2) is 0 Å². The highest BCUT2D eigenvalue weighted by Crippen LogP contribution is 2.16. The Labute approximate surface area is 141 Å². The third-order valence-electron chi connectivity index (χ3n) is 3.37. The van der Waals surface area contributed by atoms with Crippen molar-refractivity contribution < 1.29 is 17.5 Å². The zero-order valence-electron chi connectivity index (χ0n) is 13.1. The second-order valence-electron chi connectivity index (χ2n) is 5.12. The number of nitriles is 1. The zero-order valence-corrected chi connectivity index (χ0v) is 14.0. The van der Waals surface area contributed by atoms with Crippen LogP contribution >= 0.6 is 0 Å². The summed E-state index contributed by atoms with van der Waals surface area (Å²) >= 11 is 0. The minimum absolute atomic E-state index is 0.0866. The summed E-state index contributed by atoms with van der Waals surface area (Å²) < 4.78 is 44.3. The predicted octanol–water partition coefficient (Wildman–Crippen LogP) is 2.79. The minimum atomic E-state index is -3.65. The van der Waals surface area contributed by atoms with Crippen LogP contribution in [0.2, 0.25) is 0 Å². The zero-order chi connectivity index (χ0) is 17.6. The van der Waals surface area contributed by atoms with Gasteiger partial charge in [-0.05, 0) is 48.9 Å². The number of hydrogen-bond donors (Lipinski definition) is 0. The molecule has 7 heteroatoms. The largest absolute Gasteiger partial charge is 0.494 e. The van der Waals surface area contributed by atoms with Crippen LogP contribution in [0.25, 0.3) is 0 Å². The molecule has 0 heterocycles. The summed E-state index contributed by atoms with van der Waals surface area (Å²) in [5.41, 5.74) is 0.295. The number of ether oxygens (including phenoxy) is 1. The Bertz CT molecular complexity index is 830. The Balaban J connectivity index is 1.90. The fourth-order valence-corrected chi connectivity index (χ4v) is 3.29. The summed E-state index contributed by atoms with van der Waals surface area (Å²) in [5, 5.41) is 8.87. The maximum absolute atomic E-state index is 12.8. The monoisotopic (exact) mass is 348 g/mol. The lowest BCUT2D eigenvalue weighted by Gasteiger charge is -2.17. The van der Waals surface area contributed by atoms with Gasteiger partial charge in [0.25, 0.3) is 0 Å². The van der Waals surface area contributed by atoms with Crippen LogP contribution in [0, 0.1) is 17.1 Å². The number of hydrogen-bond acceptors (Lipinski definition) is 4. The van der Waals surface area contributed by atoms with Crippen molar-refractivity contribution in [3.8, 4) is 11.8 Å². The lowest BCUT2D eigenvalue weighted by atomic mass is 10.2. The van der Waals surface area contributed by atoms with Crippen molar-refractivity contribution >= 4 is 10.0 Å². The smallest absolute Gasteiger partial charge is 0.242 e. The van der Waals surface area contributed by atoms with Gasteiger partial charge in [0, 0.05) is 13.6 Å². The van der Waals surface area contributed by atoms with Crippen molar-refractivity contribution in [1.29, 1.82) is 5.26 Å². The maximum atomic E-state index is 12.8. The predicted molar refractivity (Wildman–Crippen MR) is 87.5 cm³/mol. The van der Waals surface area contributed by atoms with E-state index in [-0.39, 0.29) is 17.3 Å². The number of nitrogens with zero attached hydrogens (tertiary/aromatic N) is 2. The van der Waals surface area contributed by atoms with E-state index in [1.807, 2.05) is 6.07 Å². The quantitative estimate of drug-likeness (QED) is 0.722. The molecule has 0 radical (unpaired) electrons. The van der Waals surface area contributed by atoms with Crippen LogP contribution in [-0.2, 0) is 10.0 Å². The number of sulfonamides is 1. The molecule has 0 aliphatic heterocycles. The van der Waals surface area contributed by atoms with Gasteiger partial charge in [0.05, 0.1) is 23.1 Å². The highest BCUT2D eigenvalue weighted by Gasteiger charge is 2.20. The molecule has 126 valence electrons. The van der Waals surface area contributed by atoms with Crippen molar-refractivity contribution in [2.24, 2.45) is 0 Å². The lowest BCUT2D eigenvalue weighted by Crippen LogP contribution is -2.28. The summed E-state index contributed by atoms with van der Waals surface area (Å²) in [6, 6.07) is 13.5. The Morgan fingerprint density at radius 1 is 1.21 bits per heavy atom. The van der Waals surface area contributed by atoms with Crippen molar-refractivity contribution in [3.05, 3.63) is 59.9 Å². The third kappa shape index (κ3) is 4.54. The summed E-state index contributed by atoms with van der Waals surface area (Å²) in [4.78, 5) is 0.0866. The van der Waals surface area contributed by atoms with Crippen LogP contribution < -0.4 is 4.74 Å². The van der Waals surface area contributed by atoms with Crippen LogP contribution in [-0.4, -0.2) is 32.9 Å². The first-order chi connectivity index (χ1) is 11.4. The normalized spacial score (nSPS) is 11.2. The van der Waals surface area contributed by atoms with E-state index in [0.29, 0.717) is 24.3 Å². The van der Waals surface area contributed by atoms with Gasteiger partial charge in [0.1, 0.15) is 11.6 Å².